The summed E-state index contributed by atoms with van der Waals surface area (Å²) in [5.41, 5.74) is 4.34. The largest absolute Gasteiger partial charge is 0.361 e. The molecule has 2 saturated heterocycles. The predicted molar refractivity (Wildman–Crippen MR) is 114 cm³/mol. The molecule has 2 amide bonds. The molecule has 2 aromatic carbocycles. The molecule has 2 fully saturated rings. The summed E-state index contributed by atoms with van der Waals surface area (Å²) in [5.74, 6) is 0.315. The van der Waals surface area contributed by atoms with Gasteiger partial charge in [-0.2, -0.15) is 0 Å². The number of amides is 2. The van der Waals surface area contributed by atoms with Gasteiger partial charge in [0.1, 0.15) is 0 Å². The number of nitrogens with zero attached hydrogens (tertiary/aromatic N) is 2. The van der Waals surface area contributed by atoms with Crippen LogP contribution in [0.5, 0.6) is 0 Å². The van der Waals surface area contributed by atoms with Crippen LogP contribution in [0.3, 0.4) is 0 Å². The van der Waals surface area contributed by atoms with E-state index in [0.717, 1.165) is 31.5 Å². The first-order valence-electron chi connectivity index (χ1n) is 10.4. The number of aromatic nitrogens is 1. The van der Waals surface area contributed by atoms with Crippen LogP contribution in [0.25, 0.3) is 10.9 Å². The van der Waals surface area contributed by atoms with Gasteiger partial charge < -0.3 is 4.98 Å². The fourth-order valence-electron chi connectivity index (χ4n) is 4.82. The Morgan fingerprint density at radius 1 is 0.966 bits per heavy atom. The van der Waals surface area contributed by atoms with Crippen LogP contribution >= 0.6 is 0 Å². The van der Waals surface area contributed by atoms with Crippen molar-refractivity contribution in [1.29, 1.82) is 0 Å². The number of hydrogen-bond donors (Lipinski definition) is 1. The number of piperidine rings is 1. The first-order valence-corrected chi connectivity index (χ1v) is 10.4. The number of imide groups is 1. The highest BCUT2D eigenvalue weighted by atomic mass is 16.2. The number of carbonyl (C=O) groups excluding carboxylic acids is 2. The summed E-state index contributed by atoms with van der Waals surface area (Å²) in [4.78, 5) is 32.6. The lowest BCUT2D eigenvalue weighted by molar-refractivity contribution is -0.123. The van der Waals surface area contributed by atoms with E-state index in [1.807, 2.05) is 37.3 Å². The van der Waals surface area contributed by atoms with Crippen molar-refractivity contribution in [2.75, 3.05) is 18.0 Å². The van der Waals surface area contributed by atoms with Crippen molar-refractivity contribution in [1.82, 2.24) is 9.88 Å². The molecule has 5 nitrogen and oxygen atoms in total. The first-order chi connectivity index (χ1) is 14.1. The molecule has 148 valence electrons. The minimum atomic E-state index is -0.326. The summed E-state index contributed by atoms with van der Waals surface area (Å²) < 4.78 is 0. The van der Waals surface area contributed by atoms with Crippen LogP contribution in [0.1, 0.15) is 36.3 Å². The maximum absolute atomic E-state index is 13.0. The fraction of sp³-hybridized carbons (Fsp3) is 0.333. The molecule has 29 heavy (non-hydrogen) atoms. The molecule has 5 heteroatoms. The van der Waals surface area contributed by atoms with Gasteiger partial charge in [0.25, 0.3) is 5.91 Å². The maximum Gasteiger partial charge on any atom is 0.251 e. The lowest BCUT2D eigenvalue weighted by Crippen LogP contribution is -2.45. The third-order valence-electron chi connectivity index (χ3n) is 6.45. The van der Waals surface area contributed by atoms with E-state index < -0.39 is 0 Å². The zero-order valence-corrected chi connectivity index (χ0v) is 16.6. The number of likely N-dealkylation sites (tertiary alicyclic amines) is 1. The minimum absolute atomic E-state index is 0.0793. The Bertz CT molecular complexity index is 1060. The zero-order valence-electron chi connectivity index (χ0n) is 16.6. The van der Waals surface area contributed by atoms with Crippen LogP contribution in [0.15, 0.2) is 54.7 Å². The Balaban J connectivity index is 1.29. The lowest BCUT2D eigenvalue weighted by Gasteiger charge is -2.34. The van der Waals surface area contributed by atoms with Crippen LogP contribution in [0.2, 0.25) is 0 Å². The quantitative estimate of drug-likeness (QED) is 0.692. The summed E-state index contributed by atoms with van der Waals surface area (Å²) in [6, 6.07) is 15.7. The Morgan fingerprint density at radius 2 is 1.69 bits per heavy atom. The summed E-state index contributed by atoms with van der Waals surface area (Å²) in [5, 5.41) is 1.30. The average Bonchev–Trinajstić information content (AvgIpc) is 3.30. The number of fused-ring (bicyclic) bond motifs is 1. The second-order valence-corrected chi connectivity index (χ2v) is 8.22. The molecule has 1 aromatic heterocycles. The van der Waals surface area contributed by atoms with Gasteiger partial charge in [-0.25, -0.2) is 4.90 Å². The molecule has 1 N–H and O–H groups in total. The summed E-state index contributed by atoms with van der Waals surface area (Å²) in [6.45, 7) is 3.68. The normalized spacial score (nSPS) is 21.4. The SMILES string of the molecule is Cc1ccc(N2C(=O)CC(N3CCC(c4c[nH]c5ccccc45)CC3)C2=O)cc1. The minimum Gasteiger partial charge on any atom is -0.361 e. The van der Waals surface area contributed by atoms with Gasteiger partial charge in [-0.15, -0.1) is 0 Å². The molecule has 0 saturated carbocycles. The van der Waals surface area contributed by atoms with Gasteiger partial charge >= 0.3 is 0 Å². The molecular formula is C24H25N3O2. The molecule has 1 atom stereocenters. The molecular weight excluding hydrogens is 362 g/mol. The van der Waals surface area contributed by atoms with E-state index in [0.29, 0.717) is 11.6 Å². The molecule has 0 bridgehead atoms. The highest BCUT2D eigenvalue weighted by Crippen LogP contribution is 2.35. The summed E-state index contributed by atoms with van der Waals surface area (Å²) in [7, 11) is 0. The van der Waals surface area contributed by atoms with E-state index in [9.17, 15) is 9.59 Å². The summed E-state index contributed by atoms with van der Waals surface area (Å²) >= 11 is 0. The van der Waals surface area contributed by atoms with Crippen LogP contribution < -0.4 is 4.90 Å². The van der Waals surface area contributed by atoms with Gasteiger partial charge in [0.05, 0.1) is 18.2 Å². The van der Waals surface area contributed by atoms with Crippen LogP contribution in [-0.2, 0) is 9.59 Å². The van der Waals surface area contributed by atoms with E-state index >= 15 is 0 Å². The standard InChI is InChI=1S/C24H25N3O2/c1-16-6-8-18(9-7-16)27-23(28)14-22(24(27)29)26-12-10-17(11-13-26)20-15-25-21-5-3-2-4-19(20)21/h2-9,15,17,22,25H,10-14H2,1H3. The lowest BCUT2D eigenvalue weighted by atomic mass is 9.88. The van der Waals surface area contributed by atoms with E-state index in [-0.39, 0.29) is 24.3 Å². The number of rotatable bonds is 3. The van der Waals surface area contributed by atoms with Crippen molar-refractivity contribution in [2.24, 2.45) is 0 Å². The third-order valence-corrected chi connectivity index (χ3v) is 6.45. The van der Waals surface area contributed by atoms with E-state index in [1.54, 1.807) is 0 Å². The van der Waals surface area contributed by atoms with Crippen molar-refractivity contribution in [3.63, 3.8) is 0 Å². The van der Waals surface area contributed by atoms with Gasteiger partial charge in [-0.1, -0.05) is 35.9 Å². The van der Waals surface area contributed by atoms with Crippen LogP contribution in [0.4, 0.5) is 5.69 Å². The number of hydrogen-bond acceptors (Lipinski definition) is 3. The Kier molecular flexibility index (Phi) is 4.47. The molecule has 1 unspecified atom stereocenters. The van der Waals surface area contributed by atoms with Gasteiger partial charge in [-0.05, 0) is 62.5 Å². The Labute approximate surface area is 170 Å². The van der Waals surface area contributed by atoms with Crippen molar-refractivity contribution < 1.29 is 9.59 Å². The molecule has 0 radical (unpaired) electrons. The topological polar surface area (TPSA) is 56.4 Å². The van der Waals surface area contributed by atoms with Crippen molar-refractivity contribution in [3.8, 4) is 0 Å². The maximum atomic E-state index is 13.0. The molecule has 2 aliphatic heterocycles. The zero-order chi connectivity index (χ0) is 20.0. The second kappa shape index (κ2) is 7.16. The molecule has 3 aromatic rings. The Morgan fingerprint density at radius 3 is 2.45 bits per heavy atom. The fourth-order valence-corrected chi connectivity index (χ4v) is 4.82. The number of carbonyl (C=O) groups is 2. The monoisotopic (exact) mass is 387 g/mol. The van der Waals surface area contributed by atoms with Crippen LogP contribution in [0, 0.1) is 6.92 Å². The van der Waals surface area contributed by atoms with Gasteiger partial charge in [-0.3, -0.25) is 14.5 Å². The van der Waals surface area contributed by atoms with Gasteiger partial charge in [0, 0.05) is 17.1 Å². The number of benzene rings is 2. The highest BCUT2D eigenvalue weighted by Gasteiger charge is 2.43. The number of aryl methyl sites for hydroxylation is 1. The van der Waals surface area contributed by atoms with Crippen molar-refractivity contribution in [3.05, 3.63) is 65.9 Å². The molecule has 5 rings (SSSR count). The van der Waals surface area contributed by atoms with Gasteiger partial charge in [0.15, 0.2) is 0 Å². The van der Waals surface area contributed by atoms with Gasteiger partial charge in [0.2, 0.25) is 5.91 Å². The van der Waals surface area contributed by atoms with E-state index in [4.69, 9.17) is 0 Å². The predicted octanol–water partition coefficient (Wildman–Crippen LogP) is 3.99. The number of para-hydroxylation sites is 1. The Hall–Kier alpha value is -2.92. The van der Waals surface area contributed by atoms with E-state index in [2.05, 4.69) is 34.3 Å². The number of anilines is 1. The smallest absolute Gasteiger partial charge is 0.251 e. The highest BCUT2D eigenvalue weighted by molar-refractivity contribution is 6.22. The van der Waals surface area contributed by atoms with Crippen LogP contribution in [-0.4, -0.2) is 40.8 Å². The first kappa shape index (κ1) is 18.1. The summed E-state index contributed by atoms with van der Waals surface area (Å²) in [6.07, 6.45) is 4.42. The third kappa shape index (κ3) is 3.15. The second-order valence-electron chi connectivity index (χ2n) is 8.22. The number of aromatic amines is 1. The van der Waals surface area contributed by atoms with Crippen molar-refractivity contribution >= 4 is 28.4 Å². The van der Waals surface area contributed by atoms with E-state index in [1.165, 1.54) is 21.4 Å². The van der Waals surface area contributed by atoms with Crippen molar-refractivity contribution in [2.45, 2.75) is 38.1 Å². The number of nitrogens with one attached hydrogen (secondary N) is 1. The molecule has 3 heterocycles. The average molecular weight is 387 g/mol. The molecule has 0 spiro atoms. The molecule has 0 aliphatic carbocycles. The number of H-pyrrole nitrogens is 1. The molecule has 2 aliphatic rings.